The van der Waals surface area contributed by atoms with E-state index in [-0.39, 0.29) is 10.6 Å². The van der Waals surface area contributed by atoms with Crippen LogP contribution in [-0.2, 0) is 0 Å². The van der Waals surface area contributed by atoms with Crippen molar-refractivity contribution in [2.24, 2.45) is 0 Å². The summed E-state index contributed by atoms with van der Waals surface area (Å²) in [6.45, 7) is 3.44. The highest BCUT2D eigenvalue weighted by Crippen LogP contribution is 2.31. The Hall–Kier alpha value is -1.74. The van der Waals surface area contributed by atoms with Gasteiger partial charge in [0, 0.05) is 41.2 Å². The van der Waals surface area contributed by atoms with E-state index in [1.165, 1.54) is 6.07 Å². The number of thiazole rings is 1. The predicted molar refractivity (Wildman–Crippen MR) is 94.3 cm³/mol. The van der Waals surface area contributed by atoms with E-state index in [0.717, 1.165) is 36.8 Å². The molecule has 2 aromatic heterocycles. The van der Waals surface area contributed by atoms with E-state index >= 15 is 0 Å². The fourth-order valence-corrected chi connectivity index (χ4v) is 3.72. The lowest BCUT2D eigenvalue weighted by atomic mass is 10.1. The first-order valence-electron chi connectivity index (χ1n) is 7.26. The van der Waals surface area contributed by atoms with Crippen LogP contribution < -0.4 is 10.2 Å². The fourth-order valence-electron chi connectivity index (χ4n) is 2.63. The van der Waals surface area contributed by atoms with Crippen molar-refractivity contribution in [1.82, 2.24) is 9.97 Å². The van der Waals surface area contributed by atoms with Crippen molar-refractivity contribution in [1.29, 1.82) is 0 Å². The van der Waals surface area contributed by atoms with Crippen molar-refractivity contribution < 1.29 is 4.92 Å². The molecule has 1 aliphatic rings. The van der Waals surface area contributed by atoms with Crippen molar-refractivity contribution in [2.75, 3.05) is 23.3 Å². The highest BCUT2D eigenvalue weighted by Gasteiger charge is 2.26. The molecular formula is C14H16BrN5O2S. The van der Waals surface area contributed by atoms with Crippen LogP contribution in [0.4, 0.5) is 16.6 Å². The Morgan fingerprint density at radius 2 is 2.22 bits per heavy atom. The summed E-state index contributed by atoms with van der Waals surface area (Å²) in [6.07, 6.45) is 3.39. The molecule has 0 atom stereocenters. The number of piperidine rings is 1. The van der Waals surface area contributed by atoms with Crippen molar-refractivity contribution in [2.45, 2.75) is 25.8 Å². The minimum absolute atomic E-state index is 0.0429. The highest BCUT2D eigenvalue weighted by molar-refractivity contribution is 9.10. The number of nitro groups is 1. The Kier molecular flexibility index (Phi) is 4.76. The average molecular weight is 398 g/mol. The van der Waals surface area contributed by atoms with Gasteiger partial charge in [-0.05, 0) is 35.7 Å². The van der Waals surface area contributed by atoms with Crippen LogP contribution in [0.1, 0.15) is 18.5 Å². The molecule has 1 aliphatic heterocycles. The molecule has 3 heterocycles. The number of anilines is 2. The third-order valence-corrected chi connectivity index (χ3v) is 5.08. The van der Waals surface area contributed by atoms with Gasteiger partial charge < -0.3 is 10.2 Å². The van der Waals surface area contributed by atoms with Gasteiger partial charge in [0.15, 0.2) is 5.13 Å². The Labute approximate surface area is 146 Å². The van der Waals surface area contributed by atoms with Crippen molar-refractivity contribution >= 4 is 43.9 Å². The maximum absolute atomic E-state index is 11.2. The number of halogens is 1. The fraction of sp³-hybridized carbons (Fsp3) is 0.429. The first-order chi connectivity index (χ1) is 11.0. The van der Waals surface area contributed by atoms with E-state index in [1.807, 2.05) is 17.2 Å². The SMILES string of the molecule is Cc1csc(NC2CCN(c3ncc(Br)cc3[N+](=O)[O-])CC2)n1. The third kappa shape index (κ3) is 3.78. The van der Waals surface area contributed by atoms with Crippen LogP contribution in [0.5, 0.6) is 0 Å². The minimum Gasteiger partial charge on any atom is -0.359 e. The molecule has 3 rings (SSSR count). The average Bonchev–Trinajstić information content (AvgIpc) is 2.93. The number of hydrogen-bond donors (Lipinski definition) is 1. The van der Waals surface area contributed by atoms with E-state index in [9.17, 15) is 10.1 Å². The van der Waals surface area contributed by atoms with Gasteiger partial charge in [0.05, 0.1) is 10.6 Å². The summed E-state index contributed by atoms with van der Waals surface area (Å²) in [6, 6.07) is 1.84. The van der Waals surface area contributed by atoms with Crippen LogP contribution in [0.3, 0.4) is 0 Å². The molecule has 0 spiro atoms. The number of pyridine rings is 1. The molecule has 0 saturated carbocycles. The van der Waals surface area contributed by atoms with Crippen LogP contribution in [0.15, 0.2) is 22.1 Å². The number of nitrogens with one attached hydrogen (secondary N) is 1. The van der Waals surface area contributed by atoms with Crippen molar-refractivity contribution in [3.8, 4) is 0 Å². The molecule has 23 heavy (non-hydrogen) atoms. The monoisotopic (exact) mass is 397 g/mol. The zero-order chi connectivity index (χ0) is 16.4. The first-order valence-corrected chi connectivity index (χ1v) is 8.94. The van der Waals surface area contributed by atoms with Crippen molar-refractivity contribution in [3.63, 3.8) is 0 Å². The Morgan fingerprint density at radius 1 is 1.48 bits per heavy atom. The lowest BCUT2D eigenvalue weighted by Gasteiger charge is -2.32. The Bertz CT molecular complexity index is 715. The van der Waals surface area contributed by atoms with E-state index < -0.39 is 0 Å². The first kappa shape index (κ1) is 16.1. The largest absolute Gasteiger partial charge is 0.359 e. The van der Waals surface area contributed by atoms with E-state index in [4.69, 9.17) is 0 Å². The second-order valence-corrected chi connectivity index (χ2v) is 7.23. The molecule has 1 saturated heterocycles. The number of nitrogens with zero attached hydrogens (tertiary/aromatic N) is 4. The van der Waals surface area contributed by atoms with Gasteiger partial charge in [-0.3, -0.25) is 10.1 Å². The molecule has 9 heteroatoms. The summed E-state index contributed by atoms with van der Waals surface area (Å²) in [7, 11) is 0. The molecule has 0 aliphatic carbocycles. The van der Waals surface area contributed by atoms with Gasteiger partial charge in [-0.2, -0.15) is 0 Å². The van der Waals surface area contributed by atoms with Gasteiger partial charge in [0.1, 0.15) is 0 Å². The molecule has 0 radical (unpaired) electrons. The zero-order valence-electron chi connectivity index (χ0n) is 12.5. The van der Waals surface area contributed by atoms with Gasteiger partial charge in [-0.25, -0.2) is 9.97 Å². The van der Waals surface area contributed by atoms with Crippen LogP contribution in [0, 0.1) is 17.0 Å². The molecule has 2 aromatic rings. The van der Waals surface area contributed by atoms with Crippen LogP contribution in [0.2, 0.25) is 0 Å². The van der Waals surface area contributed by atoms with Gasteiger partial charge in [0.25, 0.3) is 0 Å². The molecule has 0 bridgehead atoms. The third-order valence-electron chi connectivity index (χ3n) is 3.75. The van der Waals surface area contributed by atoms with Crippen LogP contribution in [0.25, 0.3) is 0 Å². The minimum atomic E-state index is -0.379. The summed E-state index contributed by atoms with van der Waals surface area (Å²) in [5.74, 6) is 0.446. The van der Waals surface area contributed by atoms with Gasteiger partial charge in [-0.15, -0.1) is 11.3 Å². The summed E-state index contributed by atoms with van der Waals surface area (Å²) in [5, 5.41) is 17.6. The molecule has 0 aromatic carbocycles. The lowest BCUT2D eigenvalue weighted by molar-refractivity contribution is -0.384. The number of aromatic nitrogens is 2. The van der Waals surface area contributed by atoms with E-state index in [1.54, 1.807) is 17.5 Å². The highest BCUT2D eigenvalue weighted by atomic mass is 79.9. The standard InChI is InChI=1S/C14H16BrN5O2S/c1-9-8-23-14(17-9)18-11-2-4-19(5-3-11)13-12(20(21)22)6-10(15)7-16-13/h6-8,11H,2-5H2,1H3,(H,17,18). The van der Waals surface area contributed by atoms with Crippen molar-refractivity contribution in [3.05, 3.63) is 37.9 Å². The number of rotatable bonds is 4. The predicted octanol–water partition coefficient (Wildman–Crippen LogP) is 3.60. The molecule has 7 nitrogen and oxygen atoms in total. The number of aryl methyl sites for hydroxylation is 1. The van der Waals surface area contributed by atoms with Crippen LogP contribution in [-0.4, -0.2) is 34.0 Å². The molecule has 1 fully saturated rings. The molecule has 0 amide bonds. The van der Waals surface area contributed by atoms with Gasteiger partial charge in [-0.1, -0.05) is 0 Å². The summed E-state index contributed by atoms with van der Waals surface area (Å²) in [5.41, 5.74) is 1.06. The topological polar surface area (TPSA) is 84.2 Å². The second kappa shape index (κ2) is 6.79. The summed E-state index contributed by atoms with van der Waals surface area (Å²) in [4.78, 5) is 21.5. The van der Waals surface area contributed by atoms with E-state index in [0.29, 0.717) is 16.3 Å². The van der Waals surface area contributed by atoms with E-state index in [2.05, 4.69) is 31.2 Å². The van der Waals surface area contributed by atoms with Crippen LogP contribution >= 0.6 is 27.3 Å². The second-order valence-electron chi connectivity index (χ2n) is 5.45. The van der Waals surface area contributed by atoms with Gasteiger partial charge in [0.2, 0.25) is 5.82 Å². The maximum Gasteiger partial charge on any atom is 0.312 e. The lowest BCUT2D eigenvalue weighted by Crippen LogP contribution is -2.39. The normalized spacial score (nSPS) is 15.7. The Balaban J connectivity index is 1.66. The summed E-state index contributed by atoms with van der Waals surface area (Å²) < 4.78 is 0.614. The number of hydrogen-bond acceptors (Lipinski definition) is 7. The quantitative estimate of drug-likeness (QED) is 0.626. The molecule has 1 N–H and O–H groups in total. The smallest absolute Gasteiger partial charge is 0.312 e. The van der Waals surface area contributed by atoms with Gasteiger partial charge >= 0.3 is 5.69 Å². The molecule has 0 unspecified atom stereocenters. The molecule has 122 valence electrons. The Morgan fingerprint density at radius 3 is 2.83 bits per heavy atom. The molecular weight excluding hydrogens is 382 g/mol. The summed E-state index contributed by atoms with van der Waals surface area (Å²) >= 11 is 4.84. The maximum atomic E-state index is 11.2. The zero-order valence-corrected chi connectivity index (χ0v) is 14.9.